The summed E-state index contributed by atoms with van der Waals surface area (Å²) >= 11 is 6.71. The van der Waals surface area contributed by atoms with Crippen LogP contribution in [-0.4, -0.2) is 48.4 Å². The Balaban J connectivity index is 2.06. The van der Waals surface area contributed by atoms with Gasteiger partial charge in [0.25, 0.3) is 0 Å². The standard InChI is InChI=1S/C25H30ClN3O4S/c1-5-8-15-29-23-14-13-20(34(31,32)28(6-2)7-3)17-22(23)27-24(29)21(26)16-18-9-11-19(12-10-18)25(30)33-4/h9-14,16-17H,5-8,15H2,1-4H3/b21-16-. The Hall–Kier alpha value is -2.68. The lowest BCUT2D eigenvalue weighted by Gasteiger charge is -2.18. The third-order valence-electron chi connectivity index (χ3n) is 5.64. The molecule has 2 aromatic carbocycles. The lowest BCUT2D eigenvalue weighted by Crippen LogP contribution is -2.30. The zero-order chi connectivity index (χ0) is 24.9. The minimum absolute atomic E-state index is 0.217. The van der Waals surface area contributed by atoms with E-state index in [4.69, 9.17) is 21.3 Å². The van der Waals surface area contributed by atoms with Gasteiger partial charge in [-0.25, -0.2) is 18.2 Å². The van der Waals surface area contributed by atoms with Crippen molar-refractivity contribution in [3.8, 4) is 0 Å². The normalized spacial score (nSPS) is 12.5. The number of benzene rings is 2. The lowest BCUT2D eigenvalue weighted by atomic mass is 10.1. The number of hydrogen-bond donors (Lipinski definition) is 0. The third-order valence-corrected chi connectivity index (χ3v) is 7.96. The van der Waals surface area contributed by atoms with E-state index in [2.05, 4.69) is 6.92 Å². The fourth-order valence-electron chi connectivity index (χ4n) is 3.75. The van der Waals surface area contributed by atoms with Crippen LogP contribution in [0.15, 0.2) is 47.4 Å². The molecular weight excluding hydrogens is 474 g/mol. The number of aromatic nitrogens is 2. The number of nitrogens with zero attached hydrogens (tertiary/aromatic N) is 3. The van der Waals surface area contributed by atoms with Crippen LogP contribution in [-0.2, 0) is 21.3 Å². The fourth-order valence-corrected chi connectivity index (χ4v) is 5.50. The van der Waals surface area contributed by atoms with E-state index in [1.54, 1.807) is 48.5 Å². The quantitative estimate of drug-likeness (QED) is 0.346. The zero-order valence-corrected chi connectivity index (χ0v) is 21.5. The van der Waals surface area contributed by atoms with Gasteiger partial charge in [-0.15, -0.1) is 0 Å². The average Bonchev–Trinajstić information content (AvgIpc) is 3.21. The SMILES string of the molecule is CCCCn1c(/C(Cl)=C/c2ccc(C(=O)OC)cc2)nc2cc(S(=O)(=O)N(CC)CC)ccc21. The third kappa shape index (κ3) is 5.35. The number of esters is 1. The van der Waals surface area contributed by atoms with Gasteiger partial charge in [0.1, 0.15) is 0 Å². The number of imidazole rings is 1. The molecule has 7 nitrogen and oxygen atoms in total. The minimum Gasteiger partial charge on any atom is -0.465 e. The van der Waals surface area contributed by atoms with E-state index in [-0.39, 0.29) is 4.90 Å². The van der Waals surface area contributed by atoms with Gasteiger partial charge in [-0.3, -0.25) is 0 Å². The predicted octanol–water partition coefficient (Wildman–Crippen LogP) is 5.39. The molecule has 0 spiro atoms. The van der Waals surface area contributed by atoms with Crippen LogP contribution >= 0.6 is 11.6 Å². The van der Waals surface area contributed by atoms with E-state index in [0.717, 1.165) is 23.9 Å². The summed E-state index contributed by atoms with van der Waals surface area (Å²) in [5.41, 5.74) is 2.66. The summed E-state index contributed by atoms with van der Waals surface area (Å²) in [6.07, 6.45) is 3.69. The van der Waals surface area contributed by atoms with Gasteiger partial charge in [-0.1, -0.05) is 50.9 Å². The first-order valence-electron chi connectivity index (χ1n) is 11.3. The molecule has 0 unspecified atom stereocenters. The fraction of sp³-hybridized carbons (Fsp3) is 0.360. The first kappa shape index (κ1) is 25.9. The van der Waals surface area contributed by atoms with Crippen molar-refractivity contribution in [2.24, 2.45) is 0 Å². The van der Waals surface area contributed by atoms with E-state index >= 15 is 0 Å². The molecule has 0 saturated heterocycles. The van der Waals surface area contributed by atoms with Crippen LogP contribution in [0.25, 0.3) is 22.1 Å². The molecule has 3 aromatic rings. The van der Waals surface area contributed by atoms with Crippen molar-refractivity contribution in [2.45, 2.75) is 45.1 Å². The van der Waals surface area contributed by atoms with E-state index in [1.165, 1.54) is 11.4 Å². The molecule has 1 heterocycles. The van der Waals surface area contributed by atoms with Crippen molar-refractivity contribution in [3.05, 3.63) is 59.4 Å². The maximum Gasteiger partial charge on any atom is 0.337 e. The smallest absolute Gasteiger partial charge is 0.337 e. The van der Waals surface area contributed by atoms with Crippen molar-refractivity contribution < 1.29 is 17.9 Å². The second-order valence-electron chi connectivity index (χ2n) is 7.79. The minimum atomic E-state index is -3.60. The molecule has 0 aliphatic carbocycles. The molecule has 0 amide bonds. The topological polar surface area (TPSA) is 81.5 Å². The molecule has 9 heteroatoms. The number of halogens is 1. The highest BCUT2D eigenvalue weighted by atomic mass is 35.5. The molecular formula is C25H30ClN3O4S. The van der Waals surface area contributed by atoms with Crippen LogP contribution in [0.4, 0.5) is 0 Å². The van der Waals surface area contributed by atoms with Gasteiger partial charge in [0.2, 0.25) is 10.0 Å². The number of carbonyl (C=O) groups excluding carboxylic acids is 1. The molecule has 34 heavy (non-hydrogen) atoms. The molecule has 0 N–H and O–H groups in total. The second-order valence-corrected chi connectivity index (χ2v) is 10.1. The predicted molar refractivity (Wildman–Crippen MR) is 136 cm³/mol. The molecule has 1 aromatic heterocycles. The number of methoxy groups -OCH3 is 1. The van der Waals surface area contributed by atoms with Gasteiger partial charge in [0.15, 0.2) is 5.82 Å². The lowest BCUT2D eigenvalue weighted by molar-refractivity contribution is 0.0600. The van der Waals surface area contributed by atoms with E-state index in [9.17, 15) is 13.2 Å². The Morgan fingerprint density at radius 1 is 1.12 bits per heavy atom. The highest BCUT2D eigenvalue weighted by molar-refractivity contribution is 7.89. The highest BCUT2D eigenvalue weighted by Crippen LogP contribution is 2.29. The summed E-state index contributed by atoms with van der Waals surface area (Å²) in [5.74, 6) is 0.165. The Labute approximate surface area is 206 Å². The Kier molecular flexibility index (Phi) is 8.52. The van der Waals surface area contributed by atoms with Gasteiger partial charge < -0.3 is 9.30 Å². The highest BCUT2D eigenvalue weighted by Gasteiger charge is 2.23. The van der Waals surface area contributed by atoms with Crippen LogP contribution in [0.1, 0.15) is 55.4 Å². The number of unbranched alkanes of at least 4 members (excludes halogenated alkanes) is 1. The Morgan fingerprint density at radius 3 is 2.38 bits per heavy atom. The molecule has 182 valence electrons. The molecule has 0 aliphatic heterocycles. The Bertz CT molecular complexity index is 1290. The number of carbonyl (C=O) groups is 1. The summed E-state index contributed by atoms with van der Waals surface area (Å²) in [6.45, 7) is 7.25. The maximum atomic E-state index is 13.0. The molecule has 3 rings (SSSR count). The van der Waals surface area contributed by atoms with Gasteiger partial charge in [0.05, 0.1) is 33.6 Å². The van der Waals surface area contributed by atoms with E-state index in [1.807, 2.05) is 18.4 Å². The van der Waals surface area contributed by atoms with Crippen LogP contribution in [0, 0.1) is 0 Å². The van der Waals surface area contributed by atoms with Crippen molar-refractivity contribution in [1.82, 2.24) is 13.9 Å². The monoisotopic (exact) mass is 503 g/mol. The molecule has 0 fully saturated rings. The number of rotatable bonds is 10. The van der Waals surface area contributed by atoms with Crippen LogP contribution < -0.4 is 0 Å². The number of hydrogen-bond acceptors (Lipinski definition) is 5. The molecule has 0 aliphatic rings. The summed E-state index contributed by atoms with van der Waals surface area (Å²) in [6, 6.07) is 12.0. The zero-order valence-electron chi connectivity index (χ0n) is 19.9. The number of fused-ring (bicyclic) bond motifs is 1. The summed E-state index contributed by atoms with van der Waals surface area (Å²) in [4.78, 5) is 16.6. The van der Waals surface area contributed by atoms with E-state index in [0.29, 0.717) is 41.6 Å². The second kappa shape index (κ2) is 11.2. The van der Waals surface area contributed by atoms with Gasteiger partial charge in [-0.05, 0) is 48.4 Å². The average molecular weight is 504 g/mol. The van der Waals surface area contributed by atoms with Crippen LogP contribution in [0.2, 0.25) is 0 Å². The van der Waals surface area contributed by atoms with Crippen molar-refractivity contribution in [2.75, 3.05) is 20.2 Å². The van der Waals surface area contributed by atoms with E-state index < -0.39 is 16.0 Å². The maximum absolute atomic E-state index is 13.0. The Morgan fingerprint density at radius 2 is 1.79 bits per heavy atom. The first-order valence-corrected chi connectivity index (χ1v) is 13.1. The summed E-state index contributed by atoms with van der Waals surface area (Å²) in [5, 5.41) is 0.422. The number of aryl methyl sites for hydroxylation is 1. The number of ether oxygens (including phenoxy) is 1. The van der Waals surface area contributed by atoms with Crippen molar-refractivity contribution >= 4 is 49.7 Å². The van der Waals surface area contributed by atoms with Gasteiger partial charge in [-0.2, -0.15) is 4.31 Å². The van der Waals surface area contributed by atoms with Crippen LogP contribution in [0.3, 0.4) is 0 Å². The molecule has 0 atom stereocenters. The molecule has 0 saturated carbocycles. The van der Waals surface area contributed by atoms with Crippen LogP contribution in [0.5, 0.6) is 0 Å². The largest absolute Gasteiger partial charge is 0.465 e. The van der Waals surface area contributed by atoms with Gasteiger partial charge in [0, 0.05) is 19.6 Å². The van der Waals surface area contributed by atoms with Gasteiger partial charge >= 0.3 is 5.97 Å². The van der Waals surface area contributed by atoms with Crippen molar-refractivity contribution in [3.63, 3.8) is 0 Å². The molecule has 0 bridgehead atoms. The molecule has 0 radical (unpaired) electrons. The first-order chi connectivity index (χ1) is 16.3. The summed E-state index contributed by atoms with van der Waals surface area (Å²) < 4.78 is 34.2. The number of sulfonamides is 1. The summed E-state index contributed by atoms with van der Waals surface area (Å²) in [7, 11) is -2.26. The van der Waals surface area contributed by atoms with Crippen molar-refractivity contribution in [1.29, 1.82) is 0 Å².